The van der Waals surface area contributed by atoms with E-state index in [1.54, 1.807) is 0 Å². The van der Waals surface area contributed by atoms with E-state index >= 15 is 0 Å². The Morgan fingerprint density at radius 1 is 1.14 bits per heavy atom. The van der Waals surface area contributed by atoms with Crippen molar-refractivity contribution in [3.05, 3.63) is 35.9 Å². The monoisotopic (exact) mass is 301 g/mol. The third kappa shape index (κ3) is 1.83. The number of thiocarbonyl (C=S) groups is 1. The van der Waals surface area contributed by atoms with E-state index in [1.165, 1.54) is 18.4 Å². The summed E-state index contributed by atoms with van der Waals surface area (Å²) < 4.78 is 5.85. The third-order valence-corrected chi connectivity index (χ3v) is 6.83. The highest BCUT2D eigenvalue weighted by atomic mass is 32.1. The molecule has 5 rings (SSSR count). The van der Waals surface area contributed by atoms with Crippen LogP contribution in [0.2, 0.25) is 0 Å². The number of rotatable bonds is 3. The van der Waals surface area contributed by atoms with Crippen molar-refractivity contribution in [1.29, 1.82) is 0 Å². The second kappa shape index (κ2) is 4.53. The minimum Gasteiger partial charge on any atom is -0.393 e. The van der Waals surface area contributed by atoms with Gasteiger partial charge in [0.15, 0.2) is 0 Å². The van der Waals surface area contributed by atoms with Gasteiger partial charge < -0.3 is 10.5 Å². The summed E-state index contributed by atoms with van der Waals surface area (Å²) in [4.78, 5) is 0.742. The van der Waals surface area contributed by atoms with Crippen molar-refractivity contribution in [3.63, 3.8) is 0 Å². The smallest absolute Gasteiger partial charge is 0.0790 e. The predicted molar refractivity (Wildman–Crippen MR) is 88.2 cm³/mol. The van der Waals surface area contributed by atoms with Crippen molar-refractivity contribution in [2.75, 3.05) is 7.11 Å². The molecular formula is C18H23NOS. The van der Waals surface area contributed by atoms with Crippen LogP contribution in [0.15, 0.2) is 30.3 Å². The molecule has 21 heavy (non-hydrogen) atoms. The number of nitrogens with two attached hydrogens (primary N) is 1. The molecule has 2 nitrogen and oxygen atoms in total. The zero-order valence-corrected chi connectivity index (χ0v) is 13.4. The van der Waals surface area contributed by atoms with Crippen LogP contribution in [0.3, 0.4) is 0 Å². The molecule has 0 aliphatic heterocycles. The van der Waals surface area contributed by atoms with Crippen LogP contribution < -0.4 is 5.73 Å². The third-order valence-electron chi connectivity index (χ3n) is 6.40. The van der Waals surface area contributed by atoms with Gasteiger partial charge in [0.05, 0.1) is 11.1 Å². The van der Waals surface area contributed by atoms with Crippen LogP contribution in [0.4, 0.5) is 0 Å². The number of ether oxygens (including phenoxy) is 1. The molecule has 4 aliphatic carbocycles. The lowest BCUT2D eigenvalue weighted by molar-refractivity contribution is -0.138. The Morgan fingerprint density at radius 3 is 2.29 bits per heavy atom. The van der Waals surface area contributed by atoms with Gasteiger partial charge in [-0.3, -0.25) is 0 Å². The predicted octanol–water partition coefficient (Wildman–Crippen LogP) is 3.44. The van der Waals surface area contributed by atoms with E-state index < -0.39 is 0 Å². The molecule has 0 radical (unpaired) electrons. The van der Waals surface area contributed by atoms with Crippen LogP contribution in [-0.4, -0.2) is 18.2 Å². The highest BCUT2D eigenvalue weighted by molar-refractivity contribution is 7.80. The van der Waals surface area contributed by atoms with Crippen LogP contribution >= 0.6 is 12.2 Å². The maximum absolute atomic E-state index is 6.21. The van der Waals surface area contributed by atoms with E-state index in [0.717, 1.165) is 24.3 Å². The van der Waals surface area contributed by atoms with Gasteiger partial charge in [-0.2, -0.15) is 0 Å². The lowest BCUT2D eigenvalue weighted by Crippen LogP contribution is -2.62. The molecular weight excluding hydrogens is 278 g/mol. The van der Waals surface area contributed by atoms with E-state index in [2.05, 4.69) is 30.3 Å². The van der Waals surface area contributed by atoms with Crippen molar-refractivity contribution in [2.45, 2.75) is 43.6 Å². The second-order valence-electron chi connectivity index (χ2n) is 7.50. The van der Waals surface area contributed by atoms with E-state index in [-0.39, 0.29) is 10.8 Å². The molecule has 3 heteroatoms. The minimum absolute atomic E-state index is 0.0754. The average molecular weight is 301 g/mol. The average Bonchev–Trinajstić information content (AvgIpc) is 2.47. The molecule has 1 aromatic carbocycles. The molecule has 4 bridgehead atoms. The molecule has 2 N–H and O–H groups in total. The van der Waals surface area contributed by atoms with Crippen molar-refractivity contribution in [2.24, 2.45) is 23.0 Å². The topological polar surface area (TPSA) is 35.2 Å². The van der Waals surface area contributed by atoms with Crippen molar-refractivity contribution < 1.29 is 4.74 Å². The fraction of sp³-hybridized carbons (Fsp3) is 0.611. The first kappa shape index (κ1) is 13.7. The molecule has 0 spiro atoms. The molecule has 4 saturated carbocycles. The lowest BCUT2D eigenvalue weighted by Gasteiger charge is -2.64. The molecule has 0 amide bonds. The molecule has 2 unspecified atom stereocenters. The van der Waals surface area contributed by atoms with Crippen molar-refractivity contribution in [1.82, 2.24) is 0 Å². The molecule has 4 aliphatic rings. The summed E-state index contributed by atoms with van der Waals surface area (Å²) in [6.07, 6.45) is 6.28. The van der Waals surface area contributed by atoms with E-state index in [9.17, 15) is 0 Å². The summed E-state index contributed by atoms with van der Waals surface area (Å²) in [5.41, 5.74) is 8.03. The molecule has 0 heterocycles. The maximum atomic E-state index is 6.21. The van der Waals surface area contributed by atoms with Crippen LogP contribution in [-0.2, 0) is 10.2 Å². The molecule has 0 aromatic heterocycles. The van der Waals surface area contributed by atoms with Crippen LogP contribution in [0.1, 0.15) is 37.7 Å². The molecule has 0 saturated heterocycles. The zero-order valence-electron chi connectivity index (χ0n) is 12.5. The first-order valence-electron chi connectivity index (χ1n) is 7.97. The summed E-state index contributed by atoms with van der Waals surface area (Å²) in [7, 11) is 1.87. The van der Waals surface area contributed by atoms with Gasteiger partial charge in [0, 0.05) is 12.5 Å². The summed E-state index contributed by atoms with van der Waals surface area (Å²) >= 11 is 5.50. The Hall–Kier alpha value is -0.930. The minimum atomic E-state index is 0.0754. The van der Waals surface area contributed by atoms with Gasteiger partial charge in [0.1, 0.15) is 0 Å². The molecule has 4 fully saturated rings. The fourth-order valence-electron chi connectivity index (χ4n) is 5.91. The lowest BCUT2D eigenvalue weighted by atomic mass is 9.42. The first-order chi connectivity index (χ1) is 10.1. The van der Waals surface area contributed by atoms with Crippen LogP contribution in [0.25, 0.3) is 0 Å². The van der Waals surface area contributed by atoms with E-state index in [1.807, 2.05) is 7.11 Å². The normalized spacial score (nSPS) is 44.0. The van der Waals surface area contributed by atoms with Gasteiger partial charge in [0.2, 0.25) is 0 Å². The molecule has 2 atom stereocenters. The number of benzene rings is 1. The van der Waals surface area contributed by atoms with Crippen LogP contribution in [0.5, 0.6) is 0 Å². The Morgan fingerprint density at radius 2 is 1.76 bits per heavy atom. The van der Waals surface area contributed by atoms with Crippen molar-refractivity contribution in [3.8, 4) is 0 Å². The Bertz CT molecular complexity index is 554. The number of hydrogen-bond acceptors (Lipinski definition) is 2. The Labute approximate surface area is 132 Å². The maximum Gasteiger partial charge on any atom is 0.0790 e. The van der Waals surface area contributed by atoms with Gasteiger partial charge in [0.25, 0.3) is 0 Å². The van der Waals surface area contributed by atoms with Gasteiger partial charge in [-0.15, -0.1) is 0 Å². The van der Waals surface area contributed by atoms with Gasteiger partial charge in [-0.1, -0.05) is 42.5 Å². The van der Waals surface area contributed by atoms with E-state index in [0.29, 0.717) is 17.9 Å². The SMILES string of the molecule is COC1C2CC3(C(N)=S)CC1CC(c1ccccc1)(C2)C3. The quantitative estimate of drug-likeness (QED) is 0.869. The zero-order chi connectivity index (χ0) is 14.7. The van der Waals surface area contributed by atoms with Gasteiger partial charge in [-0.25, -0.2) is 0 Å². The Kier molecular flexibility index (Phi) is 2.96. The molecule has 1 aromatic rings. The summed E-state index contributed by atoms with van der Waals surface area (Å²) in [6, 6.07) is 11.0. The number of methoxy groups -OCH3 is 1. The van der Waals surface area contributed by atoms with Crippen LogP contribution in [0, 0.1) is 17.3 Å². The second-order valence-corrected chi connectivity index (χ2v) is 7.94. The van der Waals surface area contributed by atoms with Crippen molar-refractivity contribution >= 4 is 17.2 Å². The van der Waals surface area contributed by atoms with Gasteiger partial charge >= 0.3 is 0 Å². The summed E-state index contributed by atoms with van der Waals surface area (Å²) in [5.74, 6) is 1.22. The summed E-state index contributed by atoms with van der Waals surface area (Å²) in [6.45, 7) is 0. The fourth-order valence-corrected chi connectivity index (χ4v) is 6.15. The Balaban J connectivity index is 1.80. The molecule has 112 valence electrons. The van der Waals surface area contributed by atoms with Gasteiger partial charge in [-0.05, 0) is 54.9 Å². The largest absolute Gasteiger partial charge is 0.393 e. The summed E-state index contributed by atoms with van der Waals surface area (Å²) in [5, 5.41) is 0. The highest BCUT2D eigenvalue weighted by Crippen LogP contribution is 2.66. The standard InChI is InChI=1S/C18H23NOS/c1-20-15-12-7-17(14-5-3-2-4-6-14)8-13(15)10-18(9-12,11-17)16(19)21/h2-6,12-13,15H,7-11H2,1H3,(H2,19,21). The first-order valence-corrected chi connectivity index (χ1v) is 8.38. The number of hydrogen-bond donors (Lipinski definition) is 1. The van der Waals surface area contributed by atoms with E-state index in [4.69, 9.17) is 22.7 Å². The highest BCUT2D eigenvalue weighted by Gasteiger charge is 2.62.